The summed E-state index contributed by atoms with van der Waals surface area (Å²) in [5, 5.41) is 14.2. The fraction of sp³-hybridized carbons (Fsp3) is 0.172. The van der Waals surface area contributed by atoms with Crippen molar-refractivity contribution in [3.05, 3.63) is 111 Å². The predicted molar refractivity (Wildman–Crippen MR) is 151 cm³/mol. The summed E-state index contributed by atoms with van der Waals surface area (Å²) in [5.74, 6) is 0.835. The molecule has 1 amide bonds. The smallest absolute Gasteiger partial charge is 0.269 e. The number of carbonyl (C=O) groups excluding carboxylic acids is 1. The normalized spacial score (nSPS) is 14.9. The fourth-order valence-electron chi connectivity index (χ4n) is 3.81. The minimum absolute atomic E-state index is 0.0208. The summed E-state index contributed by atoms with van der Waals surface area (Å²) in [4.78, 5) is 28.2. The van der Waals surface area contributed by atoms with Crippen LogP contribution in [0.25, 0.3) is 6.08 Å². The number of rotatable bonds is 10. The number of allylic oxidation sites excluding steroid dienone is 1. The second-order valence-electron chi connectivity index (χ2n) is 8.42. The van der Waals surface area contributed by atoms with E-state index in [1.807, 2.05) is 30.3 Å². The van der Waals surface area contributed by atoms with Gasteiger partial charge in [0.1, 0.15) is 6.61 Å². The quantitative estimate of drug-likeness (QED) is 0.142. The zero-order valence-electron chi connectivity index (χ0n) is 21.1. The van der Waals surface area contributed by atoms with Crippen LogP contribution >= 0.6 is 11.8 Å². The van der Waals surface area contributed by atoms with E-state index in [-0.39, 0.29) is 18.2 Å². The average Bonchev–Trinajstić information content (AvgIpc) is 3.26. The molecule has 194 valence electrons. The maximum absolute atomic E-state index is 12.6. The molecule has 0 atom stereocenters. The van der Waals surface area contributed by atoms with Crippen LogP contribution in [0, 0.1) is 10.1 Å². The van der Waals surface area contributed by atoms with Gasteiger partial charge in [-0.3, -0.25) is 14.9 Å². The summed E-state index contributed by atoms with van der Waals surface area (Å²) in [5.41, 5.74) is 4.41. The van der Waals surface area contributed by atoms with E-state index in [0.29, 0.717) is 28.0 Å². The Morgan fingerprint density at radius 3 is 2.45 bits per heavy atom. The molecule has 1 saturated heterocycles. The van der Waals surface area contributed by atoms with Gasteiger partial charge in [-0.05, 0) is 83.8 Å². The van der Waals surface area contributed by atoms with Crippen LogP contribution in [0.1, 0.15) is 29.2 Å². The van der Waals surface area contributed by atoms with Crippen molar-refractivity contribution in [1.82, 2.24) is 5.32 Å². The van der Waals surface area contributed by atoms with Crippen LogP contribution in [-0.4, -0.2) is 23.1 Å². The third-order valence-corrected chi connectivity index (χ3v) is 6.70. The van der Waals surface area contributed by atoms with Crippen LogP contribution in [0.15, 0.2) is 83.2 Å². The lowest BCUT2D eigenvalue weighted by Crippen LogP contribution is -2.19. The van der Waals surface area contributed by atoms with Gasteiger partial charge in [-0.2, -0.15) is 0 Å². The molecule has 1 fully saturated rings. The minimum Gasteiger partial charge on any atom is -0.493 e. The van der Waals surface area contributed by atoms with Crippen molar-refractivity contribution < 1.29 is 19.2 Å². The maximum atomic E-state index is 12.6. The van der Waals surface area contributed by atoms with Gasteiger partial charge >= 0.3 is 0 Å². The van der Waals surface area contributed by atoms with E-state index in [0.717, 1.165) is 28.8 Å². The number of carbonyl (C=O) groups is 1. The fourth-order valence-corrected chi connectivity index (χ4v) is 4.66. The largest absolute Gasteiger partial charge is 0.493 e. The second kappa shape index (κ2) is 12.2. The van der Waals surface area contributed by atoms with Gasteiger partial charge < -0.3 is 14.8 Å². The Hall–Kier alpha value is -4.37. The number of ether oxygens (including phenoxy) is 2. The van der Waals surface area contributed by atoms with Crippen LogP contribution in [-0.2, 0) is 24.2 Å². The molecule has 1 aliphatic rings. The number of aliphatic imine (C=N–C) groups is 1. The lowest BCUT2D eigenvalue weighted by Gasteiger charge is -2.16. The summed E-state index contributed by atoms with van der Waals surface area (Å²) >= 11 is 1.28. The molecule has 0 aliphatic carbocycles. The van der Waals surface area contributed by atoms with Gasteiger partial charge in [-0.1, -0.05) is 25.1 Å². The number of amides is 1. The highest BCUT2D eigenvalue weighted by atomic mass is 32.2. The van der Waals surface area contributed by atoms with Crippen molar-refractivity contribution in [2.75, 3.05) is 7.11 Å². The molecule has 0 bridgehead atoms. The van der Waals surface area contributed by atoms with Crippen molar-refractivity contribution >= 4 is 40.3 Å². The van der Waals surface area contributed by atoms with Crippen LogP contribution < -0.4 is 14.8 Å². The Morgan fingerprint density at radius 1 is 1.11 bits per heavy atom. The first-order valence-electron chi connectivity index (χ1n) is 12.0. The van der Waals surface area contributed by atoms with Crippen molar-refractivity contribution in [3.63, 3.8) is 0 Å². The molecule has 1 aliphatic heterocycles. The van der Waals surface area contributed by atoms with E-state index in [1.54, 1.807) is 37.5 Å². The average molecular weight is 530 g/mol. The minimum atomic E-state index is -0.440. The molecular formula is C29H27N3O5S. The first-order chi connectivity index (χ1) is 18.4. The SMILES string of the molecule is C=CCc1cc(/C=C2\SC(=Nc3ccc(CC)cc3)NC2=O)cc(OC)c1OCc1ccc([N+](=O)[O-])cc1. The number of non-ortho nitro benzene ring substituents is 1. The molecule has 0 spiro atoms. The first kappa shape index (κ1) is 26.7. The Morgan fingerprint density at radius 2 is 1.82 bits per heavy atom. The number of methoxy groups -OCH3 is 1. The third-order valence-electron chi connectivity index (χ3n) is 5.79. The molecule has 0 saturated carbocycles. The number of nitrogens with one attached hydrogen (secondary N) is 1. The number of hydrogen-bond acceptors (Lipinski definition) is 7. The lowest BCUT2D eigenvalue weighted by molar-refractivity contribution is -0.384. The standard InChI is InChI=1S/C29H27N3O5S/c1-4-6-22-15-21(16-25(36-3)27(22)37-18-20-9-13-24(14-10-20)32(34)35)17-26-28(33)31-29(38-26)30-23-11-7-19(5-2)8-12-23/h4,7-17H,1,5-6,18H2,2-3H3,(H,30,31,33)/b26-17-. The molecule has 0 radical (unpaired) electrons. The third kappa shape index (κ3) is 6.49. The van der Waals surface area contributed by atoms with Crippen LogP contribution in [0.2, 0.25) is 0 Å². The lowest BCUT2D eigenvalue weighted by atomic mass is 10.0. The number of nitro benzene ring substituents is 1. The van der Waals surface area contributed by atoms with Crippen molar-refractivity contribution in [3.8, 4) is 11.5 Å². The van der Waals surface area contributed by atoms with Gasteiger partial charge in [0.15, 0.2) is 16.7 Å². The van der Waals surface area contributed by atoms with Gasteiger partial charge in [-0.15, -0.1) is 6.58 Å². The zero-order valence-corrected chi connectivity index (χ0v) is 21.9. The molecular weight excluding hydrogens is 502 g/mol. The molecule has 1 heterocycles. The monoisotopic (exact) mass is 529 g/mol. The Labute approximate surface area is 225 Å². The predicted octanol–water partition coefficient (Wildman–Crippen LogP) is 6.36. The Bertz CT molecular complexity index is 1410. The van der Waals surface area contributed by atoms with Gasteiger partial charge in [0.25, 0.3) is 11.6 Å². The van der Waals surface area contributed by atoms with Crippen LogP contribution in [0.3, 0.4) is 0 Å². The number of thioether (sulfide) groups is 1. The van der Waals surface area contributed by atoms with E-state index < -0.39 is 4.92 Å². The summed E-state index contributed by atoms with van der Waals surface area (Å²) < 4.78 is 11.7. The molecule has 38 heavy (non-hydrogen) atoms. The maximum Gasteiger partial charge on any atom is 0.269 e. The first-order valence-corrected chi connectivity index (χ1v) is 12.8. The molecule has 3 aromatic rings. The van der Waals surface area contributed by atoms with E-state index >= 15 is 0 Å². The molecule has 8 nitrogen and oxygen atoms in total. The number of hydrogen-bond donors (Lipinski definition) is 1. The number of amidine groups is 1. The zero-order chi connectivity index (χ0) is 27.1. The molecule has 9 heteroatoms. The highest BCUT2D eigenvalue weighted by molar-refractivity contribution is 8.18. The van der Waals surface area contributed by atoms with Crippen molar-refractivity contribution in [2.45, 2.75) is 26.4 Å². The molecule has 1 N–H and O–H groups in total. The molecule has 0 unspecified atom stereocenters. The molecule has 3 aromatic carbocycles. The molecule has 4 rings (SSSR count). The van der Waals surface area contributed by atoms with E-state index in [4.69, 9.17) is 9.47 Å². The summed E-state index contributed by atoms with van der Waals surface area (Å²) in [7, 11) is 1.55. The van der Waals surface area contributed by atoms with Crippen molar-refractivity contribution in [2.24, 2.45) is 4.99 Å². The van der Waals surface area contributed by atoms with Gasteiger partial charge in [0, 0.05) is 17.7 Å². The number of nitro groups is 1. The highest BCUT2D eigenvalue weighted by Crippen LogP contribution is 2.36. The molecule has 0 aromatic heterocycles. The topological polar surface area (TPSA) is 103 Å². The van der Waals surface area contributed by atoms with Gasteiger partial charge in [0.2, 0.25) is 0 Å². The number of benzene rings is 3. The second-order valence-corrected chi connectivity index (χ2v) is 9.45. The van der Waals surface area contributed by atoms with Crippen LogP contribution in [0.4, 0.5) is 11.4 Å². The van der Waals surface area contributed by atoms with E-state index in [1.165, 1.54) is 29.5 Å². The summed E-state index contributed by atoms with van der Waals surface area (Å²) in [6.07, 6.45) is 5.02. The van der Waals surface area contributed by atoms with E-state index in [2.05, 4.69) is 23.8 Å². The summed E-state index contributed by atoms with van der Waals surface area (Å²) in [6.45, 7) is 6.14. The van der Waals surface area contributed by atoms with Crippen molar-refractivity contribution in [1.29, 1.82) is 0 Å². The summed E-state index contributed by atoms with van der Waals surface area (Å²) in [6, 6.07) is 17.8. The number of aryl methyl sites for hydroxylation is 1. The Kier molecular flexibility index (Phi) is 8.60. The Balaban J connectivity index is 1.56. The number of nitrogens with zero attached hydrogens (tertiary/aromatic N) is 2. The van der Waals surface area contributed by atoms with Crippen LogP contribution in [0.5, 0.6) is 11.5 Å². The van der Waals surface area contributed by atoms with Gasteiger partial charge in [0.05, 0.1) is 22.6 Å². The van der Waals surface area contributed by atoms with Gasteiger partial charge in [-0.25, -0.2) is 4.99 Å². The highest BCUT2D eigenvalue weighted by Gasteiger charge is 2.24. The van der Waals surface area contributed by atoms with E-state index in [9.17, 15) is 14.9 Å².